The zero-order valence-corrected chi connectivity index (χ0v) is 21.7. The topological polar surface area (TPSA) is 18.5 Å². The lowest BCUT2D eigenvalue weighted by Crippen LogP contribution is -2.21. The molecule has 0 fully saturated rings. The summed E-state index contributed by atoms with van der Waals surface area (Å²) < 4.78 is 79.9. The van der Waals surface area contributed by atoms with Gasteiger partial charge < -0.3 is 9.47 Å². The van der Waals surface area contributed by atoms with Gasteiger partial charge in [-0.1, -0.05) is 99.6 Å². The molecule has 2 nitrogen and oxygen atoms in total. The van der Waals surface area contributed by atoms with Gasteiger partial charge in [0, 0.05) is 0 Å². The summed E-state index contributed by atoms with van der Waals surface area (Å²) in [5, 5.41) is 0. The minimum atomic E-state index is -4.64. The van der Waals surface area contributed by atoms with Crippen molar-refractivity contribution >= 4 is 0 Å². The van der Waals surface area contributed by atoms with Crippen LogP contribution < -0.4 is 9.47 Å². The van der Waals surface area contributed by atoms with Gasteiger partial charge in [-0.3, -0.25) is 0 Å². The summed E-state index contributed by atoms with van der Waals surface area (Å²) in [6.45, 7) is 19.3. The van der Waals surface area contributed by atoms with Crippen LogP contribution in [0.4, 0.5) is 26.3 Å². The Kier molecular flexibility index (Phi) is 14.0. The second kappa shape index (κ2) is 14.1. The van der Waals surface area contributed by atoms with Crippen molar-refractivity contribution in [3.05, 3.63) is 59.7 Å². The number of rotatable bonds is 2. The number of ether oxygens (including phenoxy) is 2. The van der Waals surface area contributed by atoms with E-state index in [1.165, 1.54) is 24.3 Å². The molecule has 0 heterocycles. The number of alkyl halides is 6. The van der Waals surface area contributed by atoms with E-state index < -0.39 is 12.7 Å². The monoisotopic (exact) mass is 496 g/mol. The molecule has 0 spiro atoms. The number of hydrogen-bond acceptors (Lipinski definition) is 2. The molecule has 8 heteroatoms. The molecule has 34 heavy (non-hydrogen) atoms. The Balaban J connectivity index is 0. The van der Waals surface area contributed by atoms with Crippen LogP contribution in [0, 0.1) is 0 Å². The predicted octanol–water partition coefficient (Wildman–Crippen LogP) is 9.82. The Labute approximate surface area is 200 Å². The van der Waals surface area contributed by atoms with Crippen molar-refractivity contribution in [2.45, 2.75) is 92.8 Å². The molecule has 0 radical (unpaired) electrons. The van der Waals surface area contributed by atoms with Crippen LogP contribution in [0.15, 0.2) is 48.5 Å². The van der Waals surface area contributed by atoms with Crippen LogP contribution in [0.3, 0.4) is 0 Å². The minimum Gasteiger partial charge on any atom is -0.406 e. The molecule has 2 rings (SSSR count). The molecule has 0 saturated heterocycles. The van der Waals surface area contributed by atoms with E-state index in [2.05, 4.69) is 9.47 Å². The zero-order chi connectivity index (χ0) is 27.4. The summed E-state index contributed by atoms with van der Waals surface area (Å²) in [7, 11) is 0. The lowest BCUT2D eigenvalue weighted by molar-refractivity contribution is -0.275. The lowest BCUT2D eigenvalue weighted by Gasteiger charge is -2.22. The third-order valence-corrected chi connectivity index (χ3v) is 3.85. The number of para-hydroxylation sites is 1. The first-order valence-corrected chi connectivity index (χ1v) is 11.1. The maximum Gasteiger partial charge on any atom is 0.573 e. The van der Waals surface area contributed by atoms with Gasteiger partial charge in [0.05, 0.1) is 0 Å². The average Bonchev–Trinajstić information content (AvgIpc) is 2.68. The van der Waals surface area contributed by atoms with Crippen molar-refractivity contribution in [2.75, 3.05) is 0 Å². The quantitative estimate of drug-likeness (QED) is 0.385. The highest BCUT2D eigenvalue weighted by Gasteiger charge is 2.33. The second-order valence-electron chi connectivity index (χ2n) is 8.62. The number of benzene rings is 2. The van der Waals surface area contributed by atoms with Gasteiger partial charge in [0.15, 0.2) is 0 Å². The molecule has 0 aliphatic heterocycles. The van der Waals surface area contributed by atoms with Gasteiger partial charge >= 0.3 is 12.7 Å². The molecule has 0 saturated carbocycles. The van der Waals surface area contributed by atoms with Gasteiger partial charge in [0.25, 0.3) is 0 Å². The fourth-order valence-electron chi connectivity index (χ4n) is 2.46. The maximum absolute atomic E-state index is 12.1. The van der Waals surface area contributed by atoms with Crippen molar-refractivity contribution in [3.63, 3.8) is 0 Å². The Morgan fingerprint density at radius 2 is 1.03 bits per heavy atom. The molecule has 0 amide bonds. The Bertz CT molecular complexity index is 814. The molecular weight excluding hydrogens is 458 g/mol. The predicted molar refractivity (Wildman–Crippen MR) is 126 cm³/mol. The highest BCUT2D eigenvalue weighted by molar-refractivity contribution is 5.38. The van der Waals surface area contributed by atoms with E-state index >= 15 is 0 Å². The van der Waals surface area contributed by atoms with Gasteiger partial charge in [0.1, 0.15) is 11.5 Å². The molecule has 0 bridgehead atoms. The van der Waals surface area contributed by atoms with Crippen molar-refractivity contribution in [3.8, 4) is 11.5 Å². The van der Waals surface area contributed by atoms with Gasteiger partial charge in [0.2, 0.25) is 0 Å². The summed E-state index contributed by atoms with van der Waals surface area (Å²) in [5.74, 6) is -0.299. The van der Waals surface area contributed by atoms with Crippen LogP contribution in [0.5, 0.6) is 11.5 Å². The molecule has 196 valence electrons. The largest absolute Gasteiger partial charge is 0.573 e. The molecule has 0 aliphatic carbocycles. The SMILES string of the molecule is CC.CC.CC(C)(C)c1cccc(OC(F)(F)F)c1.CC(C)(C)c1ccccc1OC(F)(F)F. The van der Waals surface area contributed by atoms with Crippen molar-refractivity contribution in [1.29, 1.82) is 0 Å². The first-order chi connectivity index (χ1) is 15.4. The molecular formula is C26H38F6O2. The normalized spacial score (nSPS) is 11.5. The summed E-state index contributed by atoms with van der Waals surface area (Å²) >= 11 is 0. The standard InChI is InChI=1S/2C11H13F3O.2C2H6/c1-10(2,3)8-5-4-6-9(7-8)15-11(12,13)14;1-10(2,3)8-6-4-5-7-9(8)15-11(12,13)14;2*1-2/h2*4-7H,1-3H3;2*1-2H3. The number of halogens is 6. The van der Waals surface area contributed by atoms with E-state index in [0.717, 1.165) is 5.56 Å². The summed E-state index contributed by atoms with van der Waals surface area (Å²) in [6.07, 6.45) is -9.27. The molecule has 0 N–H and O–H groups in total. The Hall–Kier alpha value is -2.38. The zero-order valence-electron chi connectivity index (χ0n) is 21.7. The van der Waals surface area contributed by atoms with Gasteiger partial charge in [-0.25, -0.2) is 0 Å². The molecule has 2 aromatic carbocycles. The molecule has 2 aromatic rings. The highest BCUT2D eigenvalue weighted by Crippen LogP contribution is 2.34. The van der Waals surface area contributed by atoms with Gasteiger partial charge in [-0.05, 0) is 40.2 Å². The van der Waals surface area contributed by atoms with E-state index in [-0.39, 0.29) is 22.3 Å². The van der Waals surface area contributed by atoms with Crippen LogP contribution in [-0.4, -0.2) is 12.7 Å². The van der Waals surface area contributed by atoms with Crippen molar-refractivity contribution < 1.29 is 35.8 Å². The van der Waals surface area contributed by atoms with Crippen LogP contribution in [0.25, 0.3) is 0 Å². The first kappa shape index (κ1) is 33.8. The van der Waals surface area contributed by atoms with Crippen LogP contribution in [0.2, 0.25) is 0 Å². The summed E-state index contributed by atoms with van der Waals surface area (Å²) in [5.41, 5.74) is 0.791. The van der Waals surface area contributed by atoms with Crippen molar-refractivity contribution in [2.24, 2.45) is 0 Å². The van der Waals surface area contributed by atoms with E-state index in [1.54, 1.807) is 24.3 Å². The average molecular weight is 497 g/mol. The lowest BCUT2D eigenvalue weighted by atomic mass is 9.86. The number of hydrogen-bond donors (Lipinski definition) is 0. The second-order valence-corrected chi connectivity index (χ2v) is 8.62. The van der Waals surface area contributed by atoms with E-state index in [4.69, 9.17) is 0 Å². The van der Waals surface area contributed by atoms with Crippen LogP contribution in [-0.2, 0) is 10.8 Å². The third kappa shape index (κ3) is 14.7. The Morgan fingerprint density at radius 1 is 0.559 bits per heavy atom. The maximum atomic E-state index is 12.1. The van der Waals surface area contributed by atoms with Crippen LogP contribution >= 0.6 is 0 Å². The summed E-state index contributed by atoms with van der Waals surface area (Å²) in [6, 6.07) is 12.2. The smallest absolute Gasteiger partial charge is 0.406 e. The molecule has 0 aliphatic rings. The van der Waals surface area contributed by atoms with Crippen molar-refractivity contribution in [1.82, 2.24) is 0 Å². The molecule has 0 unspecified atom stereocenters. The highest BCUT2D eigenvalue weighted by atomic mass is 19.4. The van der Waals surface area contributed by atoms with E-state index in [0.29, 0.717) is 5.56 Å². The Morgan fingerprint density at radius 3 is 1.44 bits per heavy atom. The van der Waals surface area contributed by atoms with Gasteiger partial charge in [-0.2, -0.15) is 0 Å². The van der Waals surface area contributed by atoms with E-state index in [1.807, 2.05) is 69.2 Å². The molecule has 0 aromatic heterocycles. The first-order valence-electron chi connectivity index (χ1n) is 11.1. The van der Waals surface area contributed by atoms with E-state index in [9.17, 15) is 26.3 Å². The fourth-order valence-corrected chi connectivity index (χ4v) is 2.46. The van der Waals surface area contributed by atoms with Gasteiger partial charge in [-0.15, -0.1) is 26.3 Å². The van der Waals surface area contributed by atoms with Crippen LogP contribution in [0.1, 0.15) is 80.4 Å². The third-order valence-electron chi connectivity index (χ3n) is 3.85. The minimum absolute atomic E-state index is 0.127. The summed E-state index contributed by atoms with van der Waals surface area (Å²) in [4.78, 5) is 0. The molecule has 0 atom stereocenters. The fraction of sp³-hybridized carbons (Fsp3) is 0.538.